The van der Waals surface area contributed by atoms with Crippen molar-refractivity contribution in [3.05, 3.63) is 68.0 Å². The fourth-order valence-electron chi connectivity index (χ4n) is 4.51. The molecule has 4 rings (SSSR count). The molecule has 8 heteroatoms. The Morgan fingerprint density at radius 1 is 1.06 bits per heavy atom. The number of carbonyl (C=O) groups is 1. The Kier molecular flexibility index (Phi) is 7.38. The quantitative estimate of drug-likeness (QED) is 0.411. The number of amides is 1. The van der Waals surface area contributed by atoms with Crippen molar-refractivity contribution in [1.82, 2.24) is 9.80 Å². The summed E-state index contributed by atoms with van der Waals surface area (Å²) in [6.07, 6.45) is 0.747. The van der Waals surface area contributed by atoms with E-state index in [1.165, 1.54) is 0 Å². The lowest BCUT2D eigenvalue weighted by molar-refractivity contribution is 0.0722. The molecule has 1 aliphatic heterocycles. The van der Waals surface area contributed by atoms with E-state index in [-0.39, 0.29) is 17.1 Å². The van der Waals surface area contributed by atoms with Crippen LogP contribution in [0, 0.1) is 6.92 Å². The number of rotatable bonds is 9. The van der Waals surface area contributed by atoms with Gasteiger partial charge < -0.3 is 23.7 Å². The van der Waals surface area contributed by atoms with Gasteiger partial charge in [0.1, 0.15) is 5.58 Å². The van der Waals surface area contributed by atoms with Crippen molar-refractivity contribution >= 4 is 28.5 Å². The van der Waals surface area contributed by atoms with E-state index < -0.39 is 6.04 Å². The number of aryl methyl sites for hydroxylation is 1. The molecule has 0 aliphatic carbocycles. The molecular formula is C27H31ClN2O5. The van der Waals surface area contributed by atoms with E-state index >= 15 is 0 Å². The molecule has 35 heavy (non-hydrogen) atoms. The van der Waals surface area contributed by atoms with Crippen molar-refractivity contribution in [2.75, 3.05) is 40.4 Å². The van der Waals surface area contributed by atoms with E-state index in [9.17, 15) is 9.59 Å². The Morgan fingerprint density at radius 3 is 2.46 bits per heavy atom. The second-order valence-corrected chi connectivity index (χ2v) is 9.31. The SMILES string of the molecule is CCOc1ccc(C2c3c(oc4cc(C)c(Cl)cc4c3=O)C(=O)N2CCCN(C)C)cc1OCC. The van der Waals surface area contributed by atoms with Gasteiger partial charge in [-0.1, -0.05) is 17.7 Å². The molecule has 2 aromatic carbocycles. The van der Waals surface area contributed by atoms with Crippen molar-refractivity contribution in [2.24, 2.45) is 0 Å². The highest BCUT2D eigenvalue weighted by Crippen LogP contribution is 2.41. The maximum Gasteiger partial charge on any atom is 0.290 e. The second-order valence-electron chi connectivity index (χ2n) is 8.90. The summed E-state index contributed by atoms with van der Waals surface area (Å²) < 4.78 is 17.6. The number of carbonyl (C=O) groups excluding carboxylic acids is 1. The molecule has 1 amide bonds. The molecule has 0 spiro atoms. The number of hydrogen-bond acceptors (Lipinski definition) is 6. The van der Waals surface area contributed by atoms with E-state index in [1.54, 1.807) is 17.0 Å². The van der Waals surface area contributed by atoms with Crippen LogP contribution in [0.15, 0.2) is 39.5 Å². The summed E-state index contributed by atoms with van der Waals surface area (Å²) in [7, 11) is 3.98. The molecule has 0 fully saturated rings. The van der Waals surface area contributed by atoms with Crippen LogP contribution in [0.25, 0.3) is 11.0 Å². The first kappa shape index (κ1) is 25.1. The van der Waals surface area contributed by atoms with Gasteiger partial charge in [0.15, 0.2) is 16.9 Å². The summed E-state index contributed by atoms with van der Waals surface area (Å²) in [6, 6.07) is 8.29. The Labute approximate surface area is 210 Å². The lowest BCUT2D eigenvalue weighted by atomic mass is 9.97. The largest absolute Gasteiger partial charge is 0.490 e. The van der Waals surface area contributed by atoms with Crippen LogP contribution >= 0.6 is 11.6 Å². The number of benzene rings is 2. The van der Waals surface area contributed by atoms with Crippen molar-refractivity contribution in [2.45, 2.75) is 33.2 Å². The molecule has 0 saturated carbocycles. The fourth-order valence-corrected chi connectivity index (χ4v) is 4.68. The molecule has 0 bridgehead atoms. The van der Waals surface area contributed by atoms with Crippen molar-refractivity contribution < 1.29 is 18.7 Å². The van der Waals surface area contributed by atoms with Gasteiger partial charge in [-0.2, -0.15) is 0 Å². The molecule has 0 N–H and O–H groups in total. The van der Waals surface area contributed by atoms with Gasteiger partial charge >= 0.3 is 0 Å². The van der Waals surface area contributed by atoms with E-state index in [0.717, 1.165) is 24.1 Å². The maximum atomic E-state index is 13.8. The molecule has 0 radical (unpaired) electrons. The van der Waals surface area contributed by atoms with Crippen molar-refractivity contribution in [3.8, 4) is 11.5 Å². The Bertz CT molecular complexity index is 1320. The van der Waals surface area contributed by atoms with Crippen molar-refractivity contribution in [1.29, 1.82) is 0 Å². The van der Waals surface area contributed by atoms with Crippen molar-refractivity contribution in [3.63, 3.8) is 0 Å². The smallest absolute Gasteiger partial charge is 0.290 e. The maximum absolute atomic E-state index is 13.8. The highest BCUT2D eigenvalue weighted by atomic mass is 35.5. The topological polar surface area (TPSA) is 72.2 Å². The minimum Gasteiger partial charge on any atom is -0.490 e. The van der Waals surface area contributed by atoms with Gasteiger partial charge in [0.05, 0.1) is 30.2 Å². The predicted molar refractivity (Wildman–Crippen MR) is 137 cm³/mol. The Morgan fingerprint density at radius 2 is 1.77 bits per heavy atom. The standard InChI is InChI=1S/C27H31ClN2O5/c1-6-33-20-10-9-17(14-22(20)34-7-2)24-23-25(31)18-15-19(28)16(3)13-21(18)35-26(23)27(32)30(24)12-8-11-29(4)5/h9-10,13-15,24H,6-8,11-12H2,1-5H3. The minimum absolute atomic E-state index is 0.0888. The molecule has 186 valence electrons. The summed E-state index contributed by atoms with van der Waals surface area (Å²) >= 11 is 6.33. The van der Waals surface area contributed by atoms with Gasteiger partial charge in [-0.25, -0.2) is 0 Å². The molecule has 1 atom stereocenters. The number of hydrogen-bond donors (Lipinski definition) is 0. The monoisotopic (exact) mass is 498 g/mol. The average Bonchev–Trinajstić information content (AvgIpc) is 3.08. The van der Waals surface area contributed by atoms with E-state index in [1.807, 2.05) is 53.1 Å². The van der Waals surface area contributed by atoms with Gasteiger partial charge in [0.25, 0.3) is 5.91 Å². The highest BCUT2D eigenvalue weighted by Gasteiger charge is 2.42. The average molecular weight is 499 g/mol. The number of fused-ring (bicyclic) bond motifs is 2. The number of nitrogens with zero attached hydrogens (tertiary/aromatic N) is 2. The molecule has 1 unspecified atom stereocenters. The molecule has 7 nitrogen and oxygen atoms in total. The number of halogens is 1. The van der Waals surface area contributed by atoms with Crippen LogP contribution in [0.2, 0.25) is 5.02 Å². The third kappa shape index (κ3) is 4.75. The summed E-state index contributed by atoms with van der Waals surface area (Å²) in [4.78, 5) is 31.1. The van der Waals surface area contributed by atoms with Crippen LogP contribution in [-0.4, -0.2) is 56.1 Å². The lowest BCUT2D eigenvalue weighted by Crippen LogP contribution is -2.32. The zero-order valence-corrected chi connectivity index (χ0v) is 21.6. The van der Waals surface area contributed by atoms with Crippen LogP contribution < -0.4 is 14.9 Å². The zero-order valence-electron chi connectivity index (χ0n) is 20.8. The fraction of sp³-hybridized carbons (Fsp3) is 0.407. The third-order valence-corrected chi connectivity index (χ3v) is 6.54. The normalized spacial score (nSPS) is 15.2. The zero-order chi connectivity index (χ0) is 25.3. The van der Waals surface area contributed by atoms with Crippen LogP contribution in [-0.2, 0) is 0 Å². The Hall–Kier alpha value is -3.03. The first-order valence-electron chi connectivity index (χ1n) is 11.9. The molecule has 0 saturated heterocycles. The first-order valence-corrected chi connectivity index (χ1v) is 12.3. The van der Waals surface area contributed by atoms with Crippen LogP contribution in [0.4, 0.5) is 0 Å². The summed E-state index contributed by atoms with van der Waals surface area (Å²) in [5, 5.41) is 0.844. The van der Waals surface area contributed by atoms with Gasteiger partial charge in [0, 0.05) is 11.6 Å². The Balaban J connectivity index is 1.90. The van der Waals surface area contributed by atoms with Crippen LogP contribution in [0.3, 0.4) is 0 Å². The van der Waals surface area contributed by atoms with E-state index in [2.05, 4.69) is 4.90 Å². The summed E-state index contributed by atoms with van der Waals surface area (Å²) in [5.41, 5.74) is 1.99. The first-order chi connectivity index (χ1) is 16.8. The van der Waals surface area contributed by atoms with Gasteiger partial charge in [-0.15, -0.1) is 0 Å². The van der Waals surface area contributed by atoms with Crippen LogP contribution in [0.1, 0.15) is 53.6 Å². The molecule has 2 heterocycles. The summed E-state index contributed by atoms with van der Waals surface area (Å²) in [5.74, 6) is 0.993. The third-order valence-electron chi connectivity index (χ3n) is 6.13. The summed E-state index contributed by atoms with van der Waals surface area (Å²) in [6.45, 7) is 7.87. The van der Waals surface area contributed by atoms with Gasteiger partial charge in [-0.05, 0) is 83.2 Å². The lowest BCUT2D eigenvalue weighted by Gasteiger charge is -2.26. The highest BCUT2D eigenvalue weighted by molar-refractivity contribution is 6.32. The second kappa shape index (κ2) is 10.3. The molecule has 3 aromatic rings. The predicted octanol–water partition coefficient (Wildman–Crippen LogP) is 5.05. The molecule has 1 aromatic heterocycles. The molecular weight excluding hydrogens is 468 g/mol. The van der Waals surface area contributed by atoms with Crippen LogP contribution in [0.5, 0.6) is 11.5 Å². The van der Waals surface area contributed by atoms with Gasteiger partial charge in [0.2, 0.25) is 5.76 Å². The van der Waals surface area contributed by atoms with E-state index in [4.69, 9.17) is 25.5 Å². The number of ether oxygens (including phenoxy) is 2. The van der Waals surface area contributed by atoms with Gasteiger partial charge in [-0.3, -0.25) is 9.59 Å². The molecule has 1 aliphatic rings. The minimum atomic E-state index is -0.602. The van der Waals surface area contributed by atoms with E-state index in [0.29, 0.717) is 52.8 Å².